The van der Waals surface area contributed by atoms with Gasteiger partial charge in [-0.1, -0.05) is 0 Å². The first kappa shape index (κ1) is 27.4. The van der Waals surface area contributed by atoms with Crippen LogP contribution in [0.15, 0.2) is 30.6 Å². The molecule has 1 aliphatic heterocycles. The maximum Gasteiger partial charge on any atom is 0.282 e. The summed E-state index contributed by atoms with van der Waals surface area (Å²) in [5, 5.41) is 16.0. The molecule has 3 aromatic rings. The van der Waals surface area contributed by atoms with E-state index >= 15 is 0 Å². The van der Waals surface area contributed by atoms with Crippen molar-refractivity contribution >= 4 is 17.6 Å². The zero-order valence-corrected chi connectivity index (χ0v) is 23.1. The van der Waals surface area contributed by atoms with Crippen LogP contribution in [0.4, 0.5) is 10.2 Å². The molecule has 0 atom stereocenters. The van der Waals surface area contributed by atoms with Crippen LogP contribution in [0.1, 0.15) is 60.2 Å². The van der Waals surface area contributed by atoms with Gasteiger partial charge in [0.05, 0.1) is 11.3 Å². The van der Waals surface area contributed by atoms with E-state index in [0.717, 1.165) is 31.6 Å². The number of hydrogen-bond donors (Lipinski definition) is 2. The van der Waals surface area contributed by atoms with Crippen molar-refractivity contribution in [1.82, 2.24) is 35.2 Å². The molecule has 1 saturated carbocycles. The second-order valence-electron chi connectivity index (χ2n) is 10.6. The highest BCUT2D eigenvalue weighted by atomic mass is 19.1. The number of nitrogens with one attached hydrogen (secondary N) is 1. The second-order valence-corrected chi connectivity index (χ2v) is 10.6. The van der Waals surface area contributed by atoms with Crippen molar-refractivity contribution in [1.29, 1.82) is 0 Å². The average Bonchev–Trinajstić information content (AvgIpc) is 3.56. The van der Waals surface area contributed by atoms with Gasteiger partial charge in [-0.3, -0.25) is 14.3 Å². The first-order valence-corrected chi connectivity index (χ1v) is 13.4. The molecule has 1 aromatic carbocycles. The maximum atomic E-state index is 14.2. The van der Waals surface area contributed by atoms with Gasteiger partial charge in [-0.25, -0.2) is 9.37 Å². The average molecular weight is 552 g/mol. The summed E-state index contributed by atoms with van der Waals surface area (Å²) in [7, 11) is 1.70. The number of nitrogens with zero attached hydrogens (tertiary/aromatic N) is 7. The molecule has 3 heterocycles. The summed E-state index contributed by atoms with van der Waals surface area (Å²) in [6.45, 7) is 8.14. The first-order valence-electron chi connectivity index (χ1n) is 13.4. The molecule has 1 saturated heterocycles. The fourth-order valence-electron chi connectivity index (χ4n) is 5.28. The molecular formula is C27H34FN9O3. The fourth-order valence-corrected chi connectivity index (χ4v) is 5.28. The molecule has 2 aliphatic rings. The minimum atomic E-state index is -0.530. The number of carbonyl (C=O) groups is 2. The van der Waals surface area contributed by atoms with E-state index in [1.807, 2.05) is 20.8 Å². The molecule has 2 fully saturated rings. The number of benzene rings is 1. The van der Waals surface area contributed by atoms with Gasteiger partial charge in [-0.05, 0) is 57.9 Å². The van der Waals surface area contributed by atoms with Gasteiger partial charge in [0, 0.05) is 50.7 Å². The monoisotopic (exact) mass is 551 g/mol. The minimum absolute atomic E-state index is 0.0145. The van der Waals surface area contributed by atoms with Crippen molar-refractivity contribution in [3.05, 3.63) is 53.4 Å². The lowest BCUT2D eigenvalue weighted by atomic mass is 9.89. The number of hydrogen-bond acceptors (Lipinski definition) is 9. The zero-order chi connectivity index (χ0) is 28.6. The predicted octanol–water partition coefficient (Wildman–Crippen LogP) is 2.26. The van der Waals surface area contributed by atoms with E-state index in [4.69, 9.17) is 10.5 Å². The molecule has 12 nitrogen and oxygen atoms in total. The van der Waals surface area contributed by atoms with Crippen molar-refractivity contribution in [2.45, 2.75) is 51.7 Å². The summed E-state index contributed by atoms with van der Waals surface area (Å²) < 4.78 is 21.7. The summed E-state index contributed by atoms with van der Waals surface area (Å²) >= 11 is 0. The van der Waals surface area contributed by atoms with Crippen LogP contribution in [0.25, 0.3) is 0 Å². The molecule has 0 bridgehead atoms. The normalized spacial score (nSPS) is 16.1. The van der Waals surface area contributed by atoms with Gasteiger partial charge in [-0.15, -0.1) is 10.2 Å². The van der Waals surface area contributed by atoms with Crippen LogP contribution in [0.2, 0.25) is 0 Å². The van der Waals surface area contributed by atoms with Gasteiger partial charge in [0.25, 0.3) is 17.7 Å². The number of anilines is 1. The molecule has 0 unspecified atom stereocenters. The number of rotatable bonds is 11. The third-order valence-electron chi connectivity index (χ3n) is 7.73. The SMILES string of the molecule is CCN(C(=O)c1cc(F)ccc1Oc1nncnc1N1CC(C2(NCc3cc(C(N)=O)n(C)n3)CC2)C1)C(C)C. The van der Waals surface area contributed by atoms with Crippen molar-refractivity contribution in [3.63, 3.8) is 0 Å². The van der Waals surface area contributed by atoms with Crippen molar-refractivity contribution < 1.29 is 18.7 Å². The van der Waals surface area contributed by atoms with E-state index < -0.39 is 11.7 Å². The topological polar surface area (TPSA) is 144 Å². The Morgan fingerprint density at radius 1 is 1.27 bits per heavy atom. The van der Waals surface area contributed by atoms with Crippen LogP contribution >= 0.6 is 0 Å². The molecule has 0 spiro atoms. The van der Waals surface area contributed by atoms with Crippen LogP contribution in [0.3, 0.4) is 0 Å². The van der Waals surface area contributed by atoms with E-state index in [0.29, 0.717) is 30.5 Å². The lowest BCUT2D eigenvalue weighted by Gasteiger charge is -2.45. The fraction of sp³-hybridized carbons (Fsp3) is 0.481. The number of carbonyl (C=O) groups excluding carboxylic acids is 2. The summed E-state index contributed by atoms with van der Waals surface area (Å²) in [6, 6.07) is 5.51. The highest BCUT2D eigenvalue weighted by Crippen LogP contribution is 2.48. The molecule has 1 aliphatic carbocycles. The molecule has 13 heteroatoms. The Morgan fingerprint density at radius 3 is 2.65 bits per heavy atom. The van der Waals surface area contributed by atoms with Crippen LogP contribution < -0.4 is 20.7 Å². The van der Waals surface area contributed by atoms with E-state index in [2.05, 4.69) is 30.5 Å². The molecule has 2 amide bonds. The Morgan fingerprint density at radius 2 is 2.02 bits per heavy atom. The number of halogens is 1. The molecule has 212 valence electrons. The van der Waals surface area contributed by atoms with E-state index in [-0.39, 0.29) is 34.7 Å². The Bertz CT molecular complexity index is 1420. The van der Waals surface area contributed by atoms with Crippen molar-refractivity contribution in [2.24, 2.45) is 18.7 Å². The number of amides is 2. The van der Waals surface area contributed by atoms with E-state index in [1.54, 1.807) is 18.0 Å². The van der Waals surface area contributed by atoms with E-state index in [9.17, 15) is 14.0 Å². The Balaban J connectivity index is 1.27. The number of ether oxygens (including phenoxy) is 1. The number of nitrogens with two attached hydrogens (primary N) is 1. The number of aromatic nitrogens is 5. The quantitative estimate of drug-likeness (QED) is 0.367. The molecule has 0 radical (unpaired) electrons. The molecule has 5 rings (SSSR count). The highest BCUT2D eigenvalue weighted by molar-refractivity contribution is 5.97. The van der Waals surface area contributed by atoms with Crippen LogP contribution in [0, 0.1) is 11.7 Å². The van der Waals surface area contributed by atoms with Gasteiger partial charge in [-0.2, -0.15) is 5.10 Å². The molecule has 40 heavy (non-hydrogen) atoms. The van der Waals surface area contributed by atoms with Crippen LogP contribution in [0.5, 0.6) is 11.6 Å². The van der Waals surface area contributed by atoms with Gasteiger partial charge < -0.3 is 25.6 Å². The van der Waals surface area contributed by atoms with E-state index in [1.165, 1.54) is 29.2 Å². The van der Waals surface area contributed by atoms with Gasteiger partial charge >= 0.3 is 0 Å². The standard InChI is InChI=1S/C27H34FN9O3/c1-5-37(16(2)3)26(39)20-10-18(28)6-7-22(20)40-25-24(30-15-32-33-25)36-13-17(14-36)27(8-9-27)31-12-19-11-21(23(29)38)35(4)34-19/h6-7,10-11,15-17,31H,5,8-9,12-14H2,1-4H3,(H2,29,38). The predicted molar refractivity (Wildman–Crippen MR) is 144 cm³/mol. The second kappa shape index (κ2) is 10.8. The van der Waals surface area contributed by atoms with Gasteiger partial charge in [0.1, 0.15) is 23.6 Å². The highest BCUT2D eigenvalue weighted by Gasteiger charge is 2.53. The number of aryl methyl sites for hydroxylation is 1. The van der Waals surface area contributed by atoms with Crippen LogP contribution in [-0.4, -0.2) is 72.9 Å². The smallest absolute Gasteiger partial charge is 0.282 e. The molecule has 2 aromatic heterocycles. The van der Waals surface area contributed by atoms with Gasteiger partial charge in [0.15, 0.2) is 5.82 Å². The Hall–Kier alpha value is -4.13. The van der Waals surface area contributed by atoms with Crippen LogP contribution in [-0.2, 0) is 13.6 Å². The van der Waals surface area contributed by atoms with Crippen molar-refractivity contribution in [2.75, 3.05) is 24.5 Å². The summed E-state index contributed by atoms with van der Waals surface area (Å²) in [5.41, 5.74) is 6.64. The summed E-state index contributed by atoms with van der Waals surface area (Å²) in [5.74, 6) is -0.146. The summed E-state index contributed by atoms with van der Waals surface area (Å²) in [4.78, 5) is 32.9. The Labute approximate surface area is 231 Å². The molecule has 3 N–H and O–H groups in total. The zero-order valence-electron chi connectivity index (χ0n) is 23.1. The third kappa shape index (κ3) is 5.33. The third-order valence-corrected chi connectivity index (χ3v) is 7.73. The number of primary amides is 1. The molecular weight excluding hydrogens is 517 g/mol. The summed E-state index contributed by atoms with van der Waals surface area (Å²) in [6.07, 6.45) is 3.43. The minimum Gasteiger partial charge on any atom is -0.434 e. The van der Waals surface area contributed by atoms with Gasteiger partial charge in [0.2, 0.25) is 0 Å². The Kier molecular flexibility index (Phi) is 7.41. The lowest BCUT2D eigenvalue weighted by Crippen LogP contribution is -2.57. The lowest BCUT2D eigenvalue weighted by molar-refractivity contribution is 0.0713. The first-order chi connectivity index (χ1) is 19.1. The van der Waals surface area contributed by atoms with Crippen molar-refractivity contribution in [3.8, 4) is 11.6 Å². The largest absolute Gasteiger partial charge is 0.434 e. The maximum absolute atomic E-state index is 14.2.